The normalized spacial score (nSPS) is 16.2. The molecule has 514 valence electrons. The topological polar surface area (TPSA) is 351 Å². The number of nitrogens with one attached hydrogen (secondary N) is 5. The van der Waals surface area contributed by atoms with Gasteiger partial charge in [-0.15, -0.1) is 0 Å². The van der Waals surface area contributed by atoms with E-state index in [1.165, 1.54) is 54.8 Å². The number of methoxy groups -OCH3 is 1. The second kappa shape index (κ2) is 35.5. The number of cyclic esters (lactones) is 1. The van der Waals surface area contributed by atoms with Gasteiger partial charge < -0.3 is 88.7 Å². The molecule has 0 bridgehead atoms. The molecule has 2 aromatic carbocycles. The molecule has 0 saturated heterocycles. The number of ether oxygens (including phenoxy) is 10. The van der Waals surface area contributed by atoms with E-state index in [4.69, 9.17) is 52.4 Å². The molecule has 28 nitrogen and oxygen atoms in total. The summed E-state index contributed by atoms with van der Waals surface area (Å²) in [5, 5.41) is 36.5. The number of hydrogen-bond donors (Lipinski definition) is 7. The number of aryl methyl sites for hydroxylation is 1. The Labute approximate surface area is 543 Å². The molecular formula is C65H87FN8O20. The smallest absolute Gasteiger partial charge is 0.408 e. The summed E-state index contributed by atoms with van der Waals surface area (Å²) in [6.45, 7) is 17.4. The Balaban J connectivity index is 0.995. The standard InChI is InChI=1S/C65H87FN8O20/c1-9-16-93-63(81)72-55(38(3)4)60(78)68-40(6)57(75)69-43-12-11-42(45(32-43)59(77)67-15-17-86-20-21-88-24-25-90-28-29-92-31-30-91-27-26-89-23-22-87-19-18-85-8)35-73(64(82)83)41(7)58(76)71-50-14-13-44-39(5)49(66)34-51-53(44)54(50)46-36-74-52(56(46)70-51)33-48-47(61(74)79)37-94-62(80)65(48,84)10-2/h9,11-12,32-34,38,40-41,50,55,84H,1,10,13-31,35-37H2,2-8H3,(H,67,77)(H,68,78)(H,69,75)(H,71,76)(H,72,81)(H,82,83)/t40-,41-,50-,55-,65-/m0/s1. The summed E-state index contributed by atoms with van der Waals surface area (Å²) in [4.78, 5) is 114. The zero-order chi connectivity index (χ0) is 68.1. The predicted octanol–water partition coefficient (Wildman–Crippen LogP) is 4.07. The van der Waals surface area contributed by atoms with E-state index in [1.807, 2.05) is 0 Å². The van der Waals surface area contributed by atoms with Crippen molar-refractivity contribution in [2.24, 2.45) is 5.92 Å². The summed E-state index contributed by atoms with van der Waals surface area (Å²) in [5.41, 5.74) is 0.556. The number of pyridine rings is 2. The van der Waals surface area contributed by atoms with Crippen LogP contribution in [0.2, 0.25) is 0 Å². The molecule has 0 radical (unpaired) electrons. The van der Waals surface area contributed by atoms with Crippen molar-refractivity contribution < 1.29 is 95.5 Å². The van der Waals surface area contributed by atoms with Crippen LogP contribution in [-0.2, 0) is 98.3 Å². The van der Waals surface area contributed by atoms with Crippen molar-refractivity contribution in [2.45, 2.75) is 110 Å². The Bertz CT molecular complexity index is 3420. The van der Waals surface area contributed by atoms with Gasteiger partial charge in [0.25, 0.3) is 11.5 Å². The van der Waals surface area contributed by atoms with E-state index in [0.717, 1.165) is 4.90 Å². The quantitative estimate of drug-likeness (QED) is 0.0166. The number of anilines is 1. The fourth-order valence-electron chi connectivity index (χ4n) is 11.0. The van der Waals surface area contributed by atoms with E-state index < -0.39 is 95.4 Å². The van der Waals surface area contributed by atoms with Gasteiger partial charge in [-0.05, 0) is 86.4 Å². The Morgan fingerprint density at radius 2 is 1.43 bits per heavy atom. The molecule has 0 unspecified atom stereocenters. The van der Waals surface area contributed by atoms with Gasteiger partial charge in [0.1, 0.15) is 37.2 Å². The van der Waals surface area contributed by atoms with Gasteiger partial charge in [0.05, 0.1) is 141 Å². The number of fused-ring (bicyclic) bond motifs is 5. The SMILES string of the molecule is C=CCOC(=O)N[C@H](C(=O)N[C@@H](C)C(=O)Nc1ccc(CN(C(=O)O)[C@@H](C)C(=O)N[C@H]2CCc3c(C)c(F)cc4nc5c(c2c34)Cn2c-5cc3c(c2=O)COC(=O)[C@]3(O)CC)c(C(=O)NCCOCCOCCOCCOCCOCCOCCOCCOC)c1)C(C)C. The summed E-state index contributed by atoms with van der Waals surface area (Å²) < 4.78 is 70.9. The average molecular weight is 1320 g/mol. The van der Waals surface area contributed by atoms with Gasteiger partial charge in [0.2, 0.25) is 17.7 Å². The molecule has 1 aliphatic carbocycles. The number of nitrogens with zero attached hydrogens (tertiary/aromatic N) is 3. The molecule has 6 amide bonds. The molecule has 5 atom stereocenters. The first-order valence-electron chi connectivity index (χ1n) is 31.4. The minimum absolute atomic E-state index is 0.0155. The third kappa shape index (κ3) is 18.7. The minimum atomic E-state index is -2.11. The van der Waals surface area contributed by atoms with Gasteiger partial charge in [-0.3, -0.25) is 28.9 Å². The third-order valence-corrected chi connectivity index (χ3v) is 16.3. The lowest BCUT2D eigenvalue weighted by Gasteiger charge is -2.32. The van der Waals surface area contributed by atoms with Crippen molar-refractivity contribution in [1.82, 2.24) is 35.7 Å². The number of hydrogen-bond acceptors (Lipinski definition) is 20. The second-order valence-electron chi connectivity index (χ2n) is 22.9. The maximum atomic E-state index is 15.7. The highest BCUT2D eigenvalue weighted by Crippen LogP contribution is 2.46. The van der Waals surface area contributed by atoms with E-state index in [-0.39, 0.29) is 104 Å². The molecule has 29 heteroatoms. The molecular weight excluding hydrogens is 1230 g/mol. The van der Waals surface area contributed by atoms with E-state index in [2.05, 4.69) is 33.2 Å². The molecule has 4 heterocycles. The lowest BCUT2D eigenvalue weighted by molar-refractivity contribution is -0.172. The number of amides is 6. The van der Waals surface area contributed by atoms with Crippen LogP contribution < -0.4 is 32.1 Å². The summed E-state index contributed by atoms with van der Waals surface area (Å²) in [7, 11) is 1.61. The third-order valence-electron chi connectivity index (χ3n) is 16.3. The highest BCUT2D eigenvalue weighted by molar-refractivity contribution is 6.01. The molecule has 0 saturated carbocycles. The fourth-order valence-corrected chi connectivity index (χ4v) is 11.0. The number of carbonyl (C=O) groups excluding carboxylic acids is 6. The number of esters is 1. The molecule has 0 fully saturated rings. The van der Waals surface area contributed by atoms with Gasteiger partial charge in [-0.1, -0.05) is 39.5 Å². The van der Waals surface area contributed by atoms with Gasteiger partial charge in [0.15, 0.2) is 5.60 Å². The molecule has 0 spiro atoms. The largest absolute Gasteiger partial charge is 0.465 e. The van der Waals surface area contributed by atoms with Crippen molar-refractivity contribution in [1.29, 1.82) is 0 Å². The first-order chi connectivity index (χ1) is 45.1. The van der Waals surface area contributed by atoms with E-state index in [9.17, 15) is 48.6 Å². The minimum Gasteiger partial charge on any atom is -0.465 e. The summed E-state index contributed by atoms with van der Waals surface area (Å²) >= 11 is 0. The number of halogens is 1. The number of alkyl carbamates (subject to hydrolysis) is 1. The Morgan fingerprint density at radius 1 is 0.819 bits per heavy atom. The molecule has 2 aliphatic heterocycles. The van der Waals surface area contributed by atoms with Crippen LogP contribution in [0, 0.1) is 18.7 Å². The lowest BCUT2D eigenvalue weighted by Crippen LogP contribution is -2.53. The van der Waals surface area contributed by atoms with Gasteiger partial charge in [-0.25, -0.2) is 23.8 Å². The molecule has 7 N–H and O–H groups in total. The maximum absolute atomic E-state index is 15.7. The zero-order valence-electron chi connectivity index (χ0n) is 54.3. The molecule has 3 aliphatic rings. The monoisotopic (exact) mass is 1320 g/mol. The first-order valence-corrected chi connectivity index (χ1v) is 31.4. The number of aliphatic hydroxyl groups is 1. The zero-order valence-corrected chi connectivity index (χ0v) is 54.3. The van der Waals surface area contributed by atoms with Crippen molar-refractivity contribution >= 4 is 58.4 Å². The van der Waals surface area contributed by atoms with Crippen LogP contribution >= 0.6 is 0 Å². The number of benzene rings is 2. The molecule has 2 aromatic heterocycles. The van der Waals surface area contributed by atoms with Crippen LogP contribution in [0.4, 0.5) is 19.7 Å². The van der Waals surface area contributed by atoms with Crippen LogP contribution in [0.1, 0.15) is 103 Å². The van der Waals surface area contributed by atoms with E-state index >= 15 is 4.39 Å². The summed E-state index contributed by atoms with van der Waals surface area (Å²) in [6.07, 6.45) is -0.586. The number of carboxylic acid groups (broad SMARTS) is 1. The van der Waals surface area contributed by atoms with Crippen molar-refractivity contribution in [3.05, 3.63) is 104 Å². The fraction of sp³-hybridized carbons (Fsp3) is 0.554. The number of carbonyl (C=O) groups is 7. The Hall–Kier alpha value is -8.00. The van der Waals surface area contributed by atoms with Crippen LogP contribution in [0.25, 0.3) is 22.3 Å². The molecule has 4 aromatic rings. The van der Waals surface area contributed by atoms with Crippen molar-refractivity contribution in [3.8, 4) is 11.4 Å². The van der Waals surface area contributed by atoms with Crippen molar-refractivity contribution in [2.75, 3.05) is 125 Å². The predicted molar refractivity (Wildman–Crippen MR) is 337 cm³/mol. The molecule has 94 heavy (non-hydrogen) atoms. The summed E-state index contributed by atoms with van der Waals surface area (Å²) in [5.74, 6) is -4.65. The average Bonchev–Trinajstić information content (AvgIpc) is 1.47. The number of aromatic nitrogens is 2. The molecule has 7 rings (SSSR count). The van der Waals surface area contributed by atoms with E-state index in [1.54, 1.807) is 34.8 Å². The summed E-state index contributed by atoms with van der Waals surface area (Å²) in [6, 6.07) is 2.48. The highest BCUT2D eigenvalue weighted by Gasteiger charge is 2.46. The van der Waals surface area contributed by atoms with Gasteiger partial charge in [0, 0.05) is 47.5 Å². The van der Waals surface area contributed by atoms with Crippen LogP contribution in [-0.4, -0.2) is 204 Å². The Morgan fingerprint density at radius 3 is 2.00 bits per heavy atom. The van der Waals surface area contributed by atoms with E-state index in [0.29, 0.717) is 113 Å². The van der Waals surface area contributed by atoms with Crippen LogP contribution in [0.3, 0.4) is 0 Å². The highest BCUT2D eigenvalue weighted by atomic mass is 19.1. The van der Waals surface area contributed by atoms with Crippen molar-refractivity contribution in [3.63, 3.8) is 0 Å². The van der Waals surface area contributed by atoms with Crippen LogP contribution in [0.5, 0.6) is 0 Å². The lowest BCUT2D eigenvalue weighted by atomic mass is 9.81. The van der Waals surface area contributed by atoms with Crippen LogP contribution in [0.15, 0.2) is 47.8 Å². The Kier molecular flexibility index (Phi) is 27.7. The number of rotatable bonds is 39. The van der Waals surface area contributed by atoms with Gasteiger partial charge in [-0.2, -0.15) is 0 Å². The second-order valence-corrected chi connectivity index (χ2v) is 22.9. The van der Waals surface area contributed by atoms with Gasteiger partial charge >= 0.3 is 18.2 Å². The first kappa shape index (κ1) is 73.4. The maximum Gasteiger partial charge on any atom is 0.408 e.